The molecule has 0 aromatic carbocycles. The lowest BCUT2D eigenvalue weighted by atomic mass is 10.2. The number of rotatable bonds is 6. The number of urea groups is 1. The highest BCUT2D eigenvalue weighted by Crippen LogP contribution is 2.03. The third kappa shape index (κ3) is 6.40. The van der Waals surface area contributed by atoms with Gasteiger partial charge in [0, 0.05) is 25.7 Å². The number of aliphatic carboxylic acids is 1. The maximum atomic E-state index is 11.5. The first kappa shape index (κ1) is 15.7. The number of nitrogens with zero attached hydrogens (tertiary/aromatic N) is 1. The topological polar surface area (TPSA) is 90.9 Å². The van der Waals surface area contributed by atoms with E-state index in [4.69, 9.17) is 9.84 Å². The molecule has 19 heavy (non-hydrogen) atoms. The van der Waals surface area contributed by atoms with E-state index in [0.29, 0.717) is 13.2 Å². The van der Waals surface area contributed by atoms with Crippen LogP contribution in [0, 0.1) is 0 Å². The number of hydrogen-bond acceptors (Lipinski definition) is 4. The summed E-state index contributed by atoms with van der Waals surface area (Å²) in [6.07, 6.45) is -0.0917. The van der Waals surface area contributed by atoms with E-state index in [1.54, 1.807) is 6.92 Å². The van der Waals surface area contributed by atoms with E-state index in [1.807, 2.05) is 0 Å². The number of likely N-dealkylation sites (N-methyl/N-ethyl adjacent to an activating group) is 1. The Kier molecular flexibility index (Phi) is 6.58. The van der Waals surface area contributed by atoms with Crippen LogP contribution >= 0.6 is 0 Å². The van der Waals surface area contributed by atoms with Crippen molar-refractivity contribution in [1.29, 1.82) is 0 Å². The van der Waals surface area contributed by atoms with Gasteiger partial charge in [-0.3, -0.25) is 9.69 Å². The number of carbonyl (C=O) groups excluding carboxylic acids is 1. The summed E-state index contributed by atoms with van der Waals surface area (Å²) in [6, 6.07) is -0.747. The van der Waals surface area contributed by atoms with Crippen molar-refractivity contribution >= 4 is 12.0 Å². The lowest BCUT2D eigenvalue weighted by Gasteiger charge is -2.32. The fourth-order valence-corrected chi connectivity index (χ4v) is 1.99. The molecule has 2 amide bonds. The zero-order valence-electron chi connectivity index (χ0n) is 11.5. The number of hydrogen-bond donors (Lipinski definition) is 3. The minimum Gasteiger partial charge on any atom is -0.481 e. The maximum Gasteiger partial charge on any atom is 0.315 e. The Morgan fingerprint density at radius 1 is 1.53 bits per heavy atom. The van der Waals surface area contributed by atoms with Gasteiger partial charge in [0.25, 0.3) is 0 Å². The average molecular weight is 273 g/mol. The van der Waals surface area contributed by atoms with E-state index in [-0.39, 0.29) is 18.6 Å². The molecule has 1 aliphatic rings. The van der Waals surface area contributed by atoms with E-state index in [2.05, 4.69) is 22.5 Å². The molecule has 0 bridgehead atoms. The highest BCUT2D eigenvalue weighted by atomic mass is 16.5. The predicted octanol–water partition coefficient (Wildman–Crippen LogP) is -0.130. The molecule has 0 aromatic heterocycles. The van der Waals surface area contributed by atoms with Crippen LogP contribution in [0.15, 0.2) is 0 Å². The van der Waals surface area contributed by atoms with Gasteiger partial charge in [-0.25, -0.2) is 4.79 Å². The van der Waals surface area contributed by atoms with Crippen molar-refractivity contribution in [3.63, 3.8) is 0 Å². The molecule has 0 aromatic rings. The SMILES string of the molecule is CCN1CCOC(CNC(=O)NC(C)CC(=O)O)C1. The zero-order chi connectivity index (χ0) is 14.3. The van der Waals surface area contributed by atoms with Gasteiger partial charge in [-0.1, -0.05) is 6.92 Å². The van der Waals surface area contributed by atoms with Gasteiger partial charge in [-0.15, -0.1) is 0 Å². The Hall–Kier alpha value is -1.34. The van der Waals surface area contributed by atoms with Crippen molar-refractivity contribution in [2.45, 2.75) is 32.4 Å². The third-order valence-corrected chi connectivity index (χ3v) is 3.02. The van der Waals surface area contributed by atoms with Gasteiger partial charge < -0.3 is 20.5 Å². The van der Waals surface area contributed by atoms with E-state index in [1.165, 1.54) is 0 Å². The van der Waals surface area contributed by atoms with Crippen molar-refractivity contribution in [1.82, 2.24) is 15.5 Å². The molecule has 2 unspecified atom stereocenters. The summed E-state index contributed by atoms with van der Waals surface area (Å²) in [5, 5.41) is 13.9. The molecule has 1 aliphatic heterocycles. The average Bonchev–Trinajstić information content (AvgIpc) is 2.35. The Morgan fingerprint density at radius 3 is 2.89 bits per heavy atom. The van der Waals surface area contributed by atoms with Gasteiger partial charge in [0.1, 0.15) is 0 Å². The fourth-order valence-electron chi connectivity index (χ4n) is 1.99. The minimum absolute atomic E-state index is 0.00534. The van der Waals surface area contributed by atoms with Crippen molar-refractivity contribution in [2.24, 2.45) is 0 Å². The molecule has 7 nitrogen and oxygen atoms in total. The molecule has 3 N–H and O–H groups in total. The van der Waals surface area contributed by atoms with Gasteiger partial charge in [0.2, 0.25) is 0 Å². The van der Waals surface area contributed by atoms with Gasteiger partial charge >= 0.3 is 12.0 Å². The van der Waals surface area contributed by atoms with Crippen molar-refractivity contribution in [3.8, 4) is 0 Å². The first-order valence-electron chi connectivity index (χ1n) is 6.61. The van der Waals surface area contributed by atoms with Crippen LogP contribution in [0.2, 0.25) is 0 Å². The number of carbonyl (C=O) groups is 2. The molecular weight excluding hydrogens is 250 g/mol. The van der Waals surface area contributed by atoms with E-state index in [9.17, 15) is 9.59 Å². The van der Waals surface area contributed by atoms with Crippen LogP contribution in [0.5, 0.6) is 0 Å². The number of nitrogens with one attached hydrogen (secondary N) is 2. The van der Waals surface area contributed by atoms with Gasteiger partial charge in [-0.05, 0) is 13.5 Å². The molecule has 1 saturated heterocycles. The van der Waals surface area contributed by atoms with Crippen molar-refractivity contribution < 1.29 is 19.4 Å². The standard InChI is InChI=1S/C12H23N3O4/c1-3-15-4-5-19-10(8-15)7-13-12(18)14-9(2)6-11(16)17/h9-10H,3-8H2,1-2H3,(H,16,17)(H2,13,14,18). The van der Waals surface area contributed by atoms with Crippen LogP contribution < -0.4 is 10.6 Å². The number of carboxylic acids is 1. The predicted molar refractivity (Wildman–Crippen MR) is 70.1 cm³/mol. The van der Waals surface area contributed by atoms with E-state index in [0.717, 1.165) is 19.6 Å². The monoisotopic (exact) mass is 273 g/mol. The van der Waals surface area contributed by atoms with Gasteiger partial charge in [-0.2, -0.15) is 0 Å². The first-order valence-corrected chi connectivity index (χ1v) is 6.61. The summed E-state index contributed by atoms with van der Waals surface area (Å²) < 4.78 is 5.55. The molecule has 1 fully saturated rings. The van der Waals surface area contributed by atoms with Crippen LogP contribution in [0.4, 0.5) is 4.79 Å². The summed E-state index contributed by atoms with van der Waals surface area (Å²) >= 11 is 0. The normalized spacial score (nSPS) is 21.7. The fraction of sp³-hybridized carbons (Fsp3) is 0.833. The summed E-state index contributed by atoms with van der Waals surface area (Å²) in [7, 11) is 0. The second kappa shape index (κ2) is 7.96. The van der Waals surface area contributed by atoms with Crippen molar-refractivity contribution in [2.75, 3.05) is 32.8 Å². The largest absolute Gasteiger partial charge is 0.481 e. The van der Waals surface area contributed by atoms with Crippen LogP contribution in [0.1, 0.15) is 20.3 Å². The molecule has 1 heterocycles. The lowest BCUT2D eigenvalue weighted by Crippen LogP contribution is -2.50. The minimum atomic E-state index is -0.929. The second-order valence-corrected chi connectivity index (χ2v) is 4.74. The first-order chi connectivity index (χ1) is 9.01. The molecule has 0 radical (unpaired) electrons. The molecule has 0 spiro atoms. The molecule has 2 atom stereocenters. The number of amides is 2. The summed E-state index contributed by atoms with van der Waals surface area (Å²) in [6.45, 7) is 7.57. The molecule has 7 heteroatoms. The molecule has 1 rings (SSSR count). The van der Waals surface area contributed by atoms with Gasteiger partial charge in [0.05, 0.1) is 19.1 Å². The zero-order valence-corrected chi connectivity index (χ0v) is 11.5. The third-order valence-electron chi connectivity index (χ3n) is 3.02. The number of carboxylic acid groups (broad SMARTS) is 1. The quantitative estimate of drug-likeness (QED) is 0.627. The highest BCUT2D eigenvalue weighted by molar-refractivity contribution is 5.75. The Balaban J connectivity index is 2.20. The molecular formula is C12H23N3O4. The van der Waals surface area contributed by atoms with E-state index < -0.39 is 12.0 Å². The Bertz CT molecular complexity index is 311. The second-order valence-electron chi connectivity index (χ2n) is 4.74. The van der Waals surface area contributed by atoms with Crippen LogP contribution in [0.25, 0.3) is 0 Å². The Morgan fingerprint density at radius 2 is 2.26 bits per heavy atom. The molecule has 0 aliphatic carbocycles. The summed E-state index contributed by atoms with van der Waals surface area (Å²) in [4.78, 5) is 24.3. The van der Waals surface area contributed by atoms with Gasteiger partial charge in [0.15, 0.2) is 0 Å². The van der Waals surface area contributed by atoms with E-state index >= 15 is 0 Å². The van der Waals surface area contributed by atoms with Crippen molar-refractivity contribution in [3.05, 3.63) is 0 Å². The maximum absolute atomic E-state index is 11.5. The summed E-state index contributed by atoms with van der Waals surface area (Å²) in [5.41, 5.74) is 0. The number of morpholine rings is 1. The highest BCUT2D eigenvalue weighted by Gasteiger charge is 2.20. The number of ether oxygens (including phenoxy) is 1. The molecule has 0 saturated carbocycles. The van der Waals surface area contributed by atoms with Crippen LogP contribution in [-0.4, -0.2) is 66.9 Å². The Labute approximate surface area is 113 Å². The molecule has 110 valence electrons. The van der Waals surface area contributed by atoms with Crippen LogP contribution in [-0.2, 0) is 9.53 Å². The summed E-state index contributed by atoms with van der Waals surface area (Å²) in [5.74, 6) is -0.929. The lowest BCUT2D eigenvalue weighted by molar-refractivity contribution is -0.137. The smallest absolute Gasteiger partial charge is 0.315 e. The van der Waals surface area contributed by atoms with Crippen LogP contribution in [0.3, 0.4) is 0 Å².